The summed E-state index contributed by atoms with van der Waals surface area (Å²) in [6.07, 6.45) is 4.25. The van der Waals surface area contributed by atoms with Gasteiger partial charge in [-0.05, 0) is 31.0 Å². The van der Waals surface area contributed by atoms with Gasteiger partial charge in [-0.15, -0.1) is 13.2 Å². The molecule has 0 aliphatic carbocycles. The molecule has 0 unspecified atom stereocenters. The molecular formula is C24H34N2O6. The van der Waals surface area contributed by atoms with E-state index in [0.717, 1.165) is 0 Å². The van der Waals surface area contributed by atoms with Crippen molar-refractivity contribution in [1.29, 1.82) is 0 Å². The van der Waals surface area contributed by atoms with E-state index in [1.165, 1.54) is 6.08 Å². The van der Waals surface area contributed by atoms with Crippen molar-refractivity contribution in [2.75, 3.05) is 50.3 Å². The van der Waals surface area contributed by atoms with E-state index in [4.69, 9.17) is 18.9 Å². The second kappa shape index (κ2) is 14.8. The Morgan fingerprint density at radius 1 is 0.875 bits per heavy atom. The molecule has 0 aliphatic rings. The second-order valence-electron chi connectivity index (χ2n) is 7.15. The monoisotopic (exact) mass is 446 g/mol. The van der Waals surface area contributed by atoms with Crippen LogP contribution in [0, 0.1) is 12.3 Å². The Hall–Kier alpha value is -3.10. The Kier molecular flexibility index (Phi) is 12.5. The highest BCUT2D eigenvalue weighted by molar-refractivity contribution is 5.91. The number of hydrogen-bond donors (Lipinski definition) is 2. The molecule has 8 nitrogen and oxygen atoms in total. The number of carbonyl (C=O) groups is 2. The van der Waals surface area contributed by atoms with E-state index in [-0.39, 0.29) is 13.2 Å². The van der Waals surface area contributed by atoms with Crippen LogP contribution in [0.25, 0.3) is 0 Å². The van der Waals surface area contributed by atoms with E-state index >= 15 is 0 Å². The lowest BCUT2D eigenvalue weighted by Crippen LogP contribution is -2.38. The molecule has 8 heteroatoms. The third-order valence-corrected chi connectivity index (χ3v) is 4.69. The van der Waals surface area contributed by atoms with Crippen molar-refractivity contribution >= 4 is 23.6 Å². The van der Waals surface area contributed by atoms with Gasteiger partial charge >= 0.3 is 12.2 Å². The fraction of sp³-hybridized carbons (Fsp3) is 0.417. The van der Waals surface area contributed by atoms with Crippen LogP contribution in [-0.2, 0) is 18.9 Å². The Morgan fingerprint density at radius 2 is 1.38 bits per heavy atom. The summed E-state index contributed by atoms with van der Waals surface area (Å²) in [7, 11) is 0. The fourth-order valence-electron chi connectivity index (χ4n) is 2.70. The number of ether oxygens (including phenoxy) is 4. The summed E-state index contributed by atoms with van der Waals surface area (Å²) in [5, 5.41) is 5.35. The predicted octanol–water partition coefficient (Wildman–Crippen LogP) is 5.08. The molecule has 0 fully saturated rings. The van der Waals surface area contributed by atoms with Crippen molar-refractivity contribution in [1.82, 2.24) is 0 Å². The molecule has 0 radical (unpaired) electrons. The summed E-state index contributed by atoms with van der Waals surface area (Å²) in [6, 6.07) is 5.12. The van der Waals surface area contributed by atoms with Crippen LogP contribution < -0.4 is 10.6 Å². The molecule has 2 N–H and O–H groups in total. The molecule has 1 aromatic rings. The molecule has 2 amide bonds. The molecule has 0 heterocycles. The normalized spacial score (nSPS) is 10.7. The minimum atomic E-state index is -0.621. The van der Waals surface area contributed by atoms with E-state index in [0.29, 0.717) is 49.8 Å². The van der Waals surface area contributed by atoms with Gasteiger partial charge in [-0.3, -0.25) is 10.6 Å². The van der Waals surface area contributed by atoms with E-state index in [9.17, 15) is 9.59 Å². The number of hydrogen-bond acceptors (Lipinski definition) is 6. The molecule has 1 aromatic carbocycles. The van der Waals surface area contributed by atoms with Crippen LogP contribution in [0.3, 0.4) is 0 Å². The summed E-state index contributed by atoms with van der Waals surface area (Å²) in [4.78, 5) is 24.3. The highest BCUT2D eigenvalue weighted by Crippen LogP contribution is 2.26. The molecule has 176 valence electrons. The summed E-state index contributed by atoms with van der Waals surface area (Å²) in [5.41, 5.74) is 1.17. The number of benzene rings is 1. The van der Waals surface area contributed by atoms with Crippen LogP contribution in [0.5, 0.6) is 0 Å². The van der Waals surface area contributed by atoms with Crippen LogP contribution in [-0.4, -0.2) is 51.8 Å². The molecule has 1 rings (SSSR count). The first kappa shape index (κ1) is 26.9. The molecule has 0 aromatic heterocycles. The van der Waals surface area contributed by atoms with E-state index < -0.39 is 17.6 Å². The fourth-order valence-corrected chi connectivity index (χ4v) is 2.70. The van der Waals surface area contributed by atoms with Crippen molar-refractivity contribution in [2.24, 2.45) is 5.41 Å². The van der Waals surface area contributed by atoms with Crippen molar-refractivity contribution in [3.8, 4) is 0 Å². The molecule has 0 saturated carbocycles. The average molecular weight is 447 g/mol. The topological polar surface area (TPSA) is 95.1 Å². The zero-order valence-electron chi connectivity index (χ0n) is 19.0. The van der Waals surface area contributed by atoms with Gasteiger partial charge in [0.2, 0.25) is 0 Å². The largest absolute Gasteiger partial charge is 0.449 e. The molecule has 0 saturated heterocycles. The quantitative estimate of drug-likeness (QED) is 0.288. The van der Waals surface area contributed by atoms with Crippen molar-refractivity contribution < 1.29 is 28.5 Å². The second-order valence-corrected chi connectivity index (χ2v) is 7.15. The predicted molar refractivity (Wildman–Crippen MR) is 126 cm³/mol. The van der Waals surface area contributed by atoms with E-state index in [1.807, 2.05) is 6.92 Å². The van der Waals surface area contributed by atoms with Gasteiger partial charge in [-0.2, -0.15) is 0 Å². The van der Waals surface area contributed by atoms with Gasteiger partial charge in [-0.25, -0.2) is 9.59 Å². The van der Waals surface area contributed by atoms with Gasteiger partial charge in [0, 0.05) is 11.4 Å². The molecule has 0 aliphatic heterocycles. The van der Waals surface area contributed by atoms with Crippen molar-refractivity contribution in [3.05, 3.63) is 61.7 Å². The Labute approximate surface area is 190 Å². The van der Waals surface area contributed by atoms with Gasteiger partial charge in [0.05, 0.1) is 31.8 Å². The van der Waals surface area contributed by atoms with E-state index in [1.54, 1.807) is 37.3 Å². The zero-order valence-corrected chi connectivity index (χ0v) is 19.0. The van der Waals surface area contributed by atoms with Crippen molar-refractivity contribution in [2.45, 2.75) is 20.3 Å². The summed E-state index contributed by atoms with van der Waals surface area (Å²) >= 11 is 0. The summed E-state index contributed by atoms with van der Waals surface area (Å²) < 4.78 is 21.7. The number of rotatable bonds is 15. The lowest BCUT2D eigenvalue weighted by Gasteiger charge is -2.31. The number of carbonyl (C=O) groups excluding carboxylic acids is 2. The number of amides is 2. The summed E-state index contributed by atoms with van der Waals surface area (Å²) in [5.74, 6) is 0. The Balaban J connectivity index is 2.78. The zero-order chi connectivity index (χ0) is 23.8. The van der Waals surface area contributed by atoms with Crippen LogP contribution >= 0.6 is 0 Å². The van der Waals surface area contributed by atoms with Crippen LogP contribution in [0.15, 0.2) is 56.2 Å². The minimum absolute atomic E-state index is 0.0986. The highest BCUT2D eigenvalue weighted by Gasteiger charge is 2.31. The highest BCUT2D eigenvalue weighted by atomic mass is 16.6. The maximum Gasteiger partial charge on any atom is 0.411 e. The molecule has 32 heavy (non-hydrogen) atoms. The van der Waals surface area contributed by atoms with Gasteiger partial charge in [0.15, 0.2) is 0 Å². The third kappa shape index (κ3) is 9.36. The molecule has 0 spiro atoms. The minimum Gasteiger partial charge on any atom is -0.449 e. The first-order chi connectivity index (χ1) is 15.4. The number of nitrogens with one attached hydrogen (secondary N) is 2. The van der Waals surface area contributed by atoms with Crippen molar-refractivity contribution in [3.63, 3.8) is 0 Å². The van der Waals surface area contributed by atoms with Gasteiger partial charge in [0.25, 0.3) is 0 Å². The Bertz CT molecular complexity index is 764. The van der Waals surface area contributed by atoms with E-state index in [2.05, 4.69) is 30.4 Å². The third-order valence-electron chi connectivity index (χ3n) is 4.69. The maximum absolute atomic E-state index is 12.5. The maximum atomic E-state index is 12.5. The first-order valence-electron chi connectivity index (χ1n) is 10.4. The SMILES string of the molecule is C=CCOCC(CC)(COCC=C)COC(=O)Nc1cccc(NC(=O)OCC=C)c1C. The Morgan fingerprint density at radius 3 is 1.84 bits per heavy atom. The average Bonchev–Trinajstić information content (AvgIpc) is 2.78. The number of anilines is 2. The molecular weight excluding hydrogens is 412 g/mol. The summed E-state index contributed by atoms with van der Waals surface area (Å²) in [6.45, 7) is 16.2. The van der Waals surface area contributed by atoms with Gasteiger partial charge < -0.3 is 18.9 Å². The molecule has 0 atom stereocenters. The first-order valence-corrected chi connectivity index (χ1v) is 10.4. The standard InChI is InChI=1S/C24H34N2O6/c1-6-13-29-16-24(9-4,17-30-14-7-2)18-32-23(28)26-21-12-10-11-20(19(21)5)25-22(27)31-15-8-3/h6-8,10-12H,1-3,9,13-18H2,4-5H3,(H,25,27)(H,26,28). The van der Waals surface area contributed by atoms with Crippen LogP contribution in [0.2, 0.25) is 0 Å². The van der Waals surface area contributed by atoms with Crippen LogP contribution in [0.4, 0.5) is 21.0 Å². The van der Waals surface area contributed by atoms with Crippen LogP contribution in [0.1, 0.15) is 18.9 Å². The van der Waals surface area contributed by atoms with Gasteiger partial charge in [-0.1, -0.05) is 37.8 Å². The van der Waals surface area contributed by atoms with Gasteiger partial charge in [0.1, 0.15) is 13.2 Å². The lowest BCUT2D eigenvalue weighted by molar-refractivity contribution is -0.0444. The molecule has 0 bridgehead atoms. The smallest absolute Gasteiger partial charge is 0.411 e. The lowest BCUT2D eigenvalue weighted by atomic mass is 9.88.